The monoisotopic (exact) mass is 346 g/mol. The molecule has 1 heterocycles. The van der Waals surface area contributed by atoms with Crippen LogP contribution in [0.25, 0.3) is 11.0 Å². The van der Waals surface area contributed by atoms with Crippen molar-refractivity contribution in [3.05, 3.63) is 74.9 Å². The zero-order chi connectivity index (χ0) is 17.1. The fourth-order valence-electron chi connectivity index (χ4n) is 2.60. The quantitative estimate of drug-likeness (QED) is 0.602. The molecular weight excluding hydrogens is 331 g/mol. The van der Waals surface area contributed by atoms with Crippen LogP contribution in [0.2, 0.25) is 5.02 Å². The standard InChI is InChI=1S/C19H16ClFO3/c1-2-4-13-8-19(22)24-17-10-18(16(20)9-15(13)17)23-11-12-5-3-6-14(21)7-12/h3,5-10H,2,4,11H2,1H3. The summed E-state index contributed by atoms with van der Waals surface area (Å²) in [6, 6.07) is 11.0. The van der Waals surface area contributed by atoms with Crippen LogP contribution in [0.15, 0.2) is 51.7 Å². The first-order valence-corrected chi connectivity index (χ1v) is 8.08. The van der Waals surface area contributed by atoms with Crippen LogP contribution in [-0.4, -0.2) is 0 Å². The number of fused-ring (bicyclic) bond motifs is 1. The first-order chi connectivity index (χ1) is 11.6. The van der Waals surface area contributed by atoms with Gasteiger partial charge in [0.1, 0.15) is 23.8 Å². The first-order valence-electron chi connectivity index (χ1n) is 7.70. The Bertz CT molecular complexity index is 934. The summed E-state index contributed by atoms with van der Waals surface area (Å²) in [5.41, 5.74) is 1.63. The summed E-state index contributed by atoms with van der Waals surface area (Å²) in [4.78, 5) is 11.7. The van der Waals surface area contributed by atoms with Crippen LogP contribution in [-0.2, 0) is 13.0 Å². The summed E-state index contributed by atoms with van der Waals surface area (Å²) >= 11 is 6.29. The van der Waals surface area contributed by atoms with Crippen molar-refractivity contribution in [2.24, 2.45) is 0 Å². The molecule has 0 saturated heterocycles. The van der Waals surface area contributed by atoms with E-state index in [1.54, 1.807) is 24.3 Å². The van der Waals surface area contributed by atoms with Gasteiger partial charge in [-0.2, -0.15) is 0 Å². The number of hydrogen-bond acceptors (Lipinski definition) is 3. The lowest BCUT2D eigenvalue weighted by atomic mass is 10.1. The van der Waals surface area contributed by atoms with E-state index in [0.29, 0.717) is 21.9 Å². The van der Waals surface area contributed by atoms with E-state index in [4.69, 9.17) is 20.8 Å². The number of hydrogen-bond donors (Lipinski definition) is 0. The minimum atomic E-state index is -0.399. The van der Waals surface area contributed by atoms with E-state index >= 15 is 0 Å². The molecule has 2 aromatic carbocycles. The zero-order valence-corrected chi connectivity index (χ0v) is 13.9. The van der Waals surface area contributed by atoms with Gasteiger partial charge in [0, 0.05) is 17.5 Å². The lowest BCUT2D eigenvalue weighted by molar-refractivity contribution is 0.305. The van der Waals surface area contributed by atoms with Crippen LogP contribution in [0.4, 0.5) is 4.39 Å². The third-order valence-corrected chi connectivity index (χ3v) is 3.98. The molecule has 3 aromatic rings. The largest absolute Gasteiger partial charge is 0.487 e. The maximum absolute atomic E-state index is 13.2. The van der Waals surface area contributed by atoms with Crippen molar-refractivity contribution in [2.45, 2.75) is 26.4 Å². The number of ether oxygens (including phenoxy) is 1. The van der Waals surface area contributed by atoms with E-state index in [2.05, 4.69) is 0 Å². The maximum atomic E-state index is 13.2. The first kappa shape index (κ1) is 16.5. The average Bonchev–Trinajstić information content (AvgIpc) is 2.54. The van der Waals surface area contributed by atoms with Crippen molar-refractivity contribution in [1.82, 2.24) is 0 Å². The van der Waals surface area contributed by atoms with E-state index in [-0.39, 0.29) is 12.4 Å². The van der Waals surface area contributed by atoms with Crippen molar-refractivity contribution >= 4 is 22.6 Å². The van der Waals surface area contributed by atoms with Gasteiger partial charge in [-0.1, -0.05) is 37.1 Å². The zero-order valence-electron chi connectivity index (χ0n) is 13.1. The second kappa shape index (κ2) is 7.05. The maximum Gasteiger partial charge on any atom is 0.336 e. The van der Waals surface area contributed by atoms with Gasteiger partial charge in [-0.25, -0.2) is 9.18 Å². The van der Waals surface area contributed by atoms with E-state index in [1.807, 2.05) is 6.92 Å². The van der Waals surface area contributed by atoms with E-state index in [1.165, 1.54) is 18.2 Å². The van der Waals surface area contributed by atoms with Gasteiger partial charge < -0.3 is 9.15 Å². The molecule has 0 spiro atoms. The van der Waals surface area contributed by atoms with E-state index in [0.717, 1.165) is 23.8 Å². The van der Waals surface area contributed by atoms with Crippen LogP contribution in [0.5, 0.6) is 5.75 Å². The Morgan fingerprint density at radius 1 is 1.21 bits per heavy atom. The van der Waals surface area contributed by atoms with Gasteiger partial charge in [0.05, 0.1) is 5.02 Å². The van der Waals surface area contributed by atoms with Crippen LogP contribution >= 0.6 is 11.6 Å². The predicted molar refractivity (Wildman–Crippen MR) is 92.2 cm³/mol. The molecule has 0 fully saturated rings. The highest BCUT2D eigenvalue weighted by Crippen LogP contribution is 2.32. The molecule has 3 nitrogen and oxygen atoms in total. The summed E-state index contributed by atoms with van der Waals surface area (Å²) in [6.07, 6.45) is 1.68. The van der Waals surface area contributed by atoms with E-state index < -0.39 is 5.63 Å². The molecule has 0 unspecified atom stereocenters. The molecule has 0 N–H and O–H groups in total. The number of benzene rings is 2. The minimum absolute atomic E-state index is 0.169. The number of aryl methyl sites for hydroxylation is 1. The van der Waals surface area contributed by atoms with Crippen LogP contribution in [0, 0.1) is 5.82 Å². The van der Waals surface area contributed by atoms with E-state index in [9.17, 15) is 9.18 Å². The lowest BCUT2D eigenvalue weighted by Crippen LogP contribution is -2.02. The van der Waals surface area contributed by atoms with Crippen molar-refractivity contribution in [1.29, 1.82) is 0 Å². The van der Waals surface area contributed by atoms with Gasteiger partial charge in [0.25, 0.3) is 0 Å². The molecule has 124 valence electrons. The number of rotatable bonds is 5. The minimum Gasteiger partial charge on any atom is -0.487 e. The van der Waals surface area contributed by atoms with Gasteiger partial charge in [-0.15, -0.1) is 0 Å². The highest BCUT2D eigenvalue weighted by molar-refractivity contribution is 6.32. The Kier molecular flexibility index (Phi) is 4.86. The Morgan fingerprint density at radius 3 is 2.79 bits per heavy atom. The van der Waals surface area contributed by atoms with Gasteiger partial charge in [0.15, 0.2) is 0 Å². The molecule has 0 radical (unpaired) electrons. The lowest BCUT2D eigenvalue weighted by Gasteiger charge is -2.11. The molecule has 1 aromatic heterocycles. The van der Waals surface area contributed by atoms with Gasteiger partial charge in [-0.3, -0.25) is 0 Å². The second-order valence-electron chi connectivity index (χ2n) is 5.54. The fourth-order valence-corrected chi connectivity index (χ4v) is 2.82. The summed E-state index contributed by atoms with van der Waals surface area (Å²) in [5.74, 6) is 0.0705. The van der Waals surface area contributed by atoms with Crippen LogP contribution in [0.1, 0.15) is 24.5 Å². The van der Waals surface area contributed by atoms with Crippen LogP contribution in [0.3, 0.4) is 0 Å². The molecule has 5 heteroatoms. The molecule has 0 bridgehead atoms. The summed E-state index contributed by atoms with van der Waals surface area (Å²) in [6.45, 7) is 2.21. The predicted octanol–water partition coefficient (Wildman–Crippen LogP) is 5.12. The Labute approximate surface area is 143 Å². The molecule has 0 aliphatic heterocycles. The molecule has 3 rings (SSSR count). The van der Waals surface area contributed by atoms with Crippen molar-refractivity contribution < 1.29 is 13.5 Å². The third kappa shape index (κ3) is 3.60. The van der Waals surface area contributed by atoms with Crippen molar-refractivity contribution in [3.63, 3.8) is 0 Å². The second-order valence-corrected chi connectivity index (χ2v) is 5.95. The Balaban J connectivity index is 1.94. The Morgan fingerprint density at radius 2 is 2.04 bits per heavy atom. The van der Waals surface area contributed by atoms with Crippen molar-refractivity contribution in [3.8, 4) is 5.75 Å². The average molecular weight is 347 g/mol. The third-order valence-electron chi connectivity index (χ3n) is 3.69. The summed E-state index contributed by atoms with van der Waals surface area (Å²) in [7, 11) is 0. The topological polar surface area (TPSA) is 39.4 Å². The molecular formula is C19H16ClFO3. The smallest absolute Gasteiger partial charge is 0.336 e. The summed E-state index contributed by atoms with van der Waals surface area (Å²) < 4.78 is 24.1. The molecule has 0 aliphatic rings. The molecule has 0 amide bonds. The summed E-state index contributed by atoms with van der Waals surface area (Å²) in [5, 5.41) is 1.23. The Hall–Kier alpha value is -2.33. The molecule has 0 atom stereocenters. The molecule has 0 aliphatic carbocycles. The SMILES string of the molecule is CCCc1cc(=O)oc2cc(OCc3cccc(F)c3)c(Cl)cc12. The normalized spacial score (nSPS) is 11.0. The number of halogens is 2. The van der Waals surface area contributed by atoms with Gasteiger partial charge in [0.2, 0.25) is 0 Å². The van der Waals surface area contributed by atoms with Crippen molar-refractivity contribution in [2.75, 3.05) is 0 Å². The van der Waals surface area contributed by atoms with Gasteiger partial charge in [-0.05, 0) is 35.7 Å². The van der Waals surface area contributed by atoms with Gasteiger partial charge >= 0.3 is 5.63 Å². The highest BCUT2D eigenvalue weighted by Gasteiger charge is 2.11. The molecule has 0 saturated carbocycles. The molecule has 24 heavy (non-hydrogen) atoms. The fraction of sp³-hybridized carbons (Fsp3) is 0.211. The highest BCUT2D eigenvalue weighted by atomic mass is 35.5. The van der Waals surface area contributed by atoms with Crippen LogP contribution < -0.4 is 10.4 Å².